The molecule has 1 atom stereocenters. The molecular formula is C12H13ClO3S. The van der Waals surface area contributed by atoms with Crippen LogP contribution >= 0.6 is 23.4 Å². The van der Waals surface area contributed by atoms with Gasteiger partial charge < -0.3 is 9.84 Å². The zero-order chi connectivity index (χ0) is 12.4. The van der Waals surface area contributed by atoms with Gasteiger partial charge in [0.05, 0.1) is 18.4 Å². The first-order valence-electron chi connectivity index (χ1n) is 5.34. The average molecular weight is 273 g/mol. The molecule has 1 N–H and O–H groups in total. The first kappa shape index (κ1) is 12.6. The molecule has 2 rings (SSSR count). The van der Waals surface area contributed by atoms with Gasteiger partial charge in [-0.3, -0.25) is 4.79 Å². The fourth-order valence-corrected chi connectivity index (χ4v) is 3.81. The number of carbonyl (C=O) groups is 1. The number of carboxylic acid groups (broad SMARTS) is 1. The molecule has 1 aromatic carbocycles. The third kappa shape index (κ3) is 2.53. The lowest BCUT2D eigenvalue weighted by atomic mass is 9.92. The molecule has 0 fully saturated rings. The van der Waals surface area contributed by atoms with Crippen LogP contribution in [0.25, 0.3) is 0 Å². The molecule has 17 heavy (non-hydrogen) atoms. The standard InChI is InChI=1S/C12H13ClO3S/c1-16-9-3-2-8(13)11-7(6-10(14)15)4-5-17-12(9)11/h2-3,7H,4-6H2,1H3,(H,14,15). The Balaban J connectivity index is 2.45. The molecule has 1 aromatic rings. The molecule has 0 bridgehead atoms. The van der Waals surface area contributed by atoms with Crippen LogP contribution in [0.15, 0.2) is 17.0 Å². The minimum absolute atomic E-state index is 0.00801. The van der Waals surface area contributed by atoms with Crippen molar-refractivity contribution in [2.75, 3.05) is 12.9 Å². The SMILES string of the molecule is COc1ccc(Cl)c2c1SCCC2CC(=O)O. The molecule has 1 heterocycles. The van der Waals surface area contributed by atoms with Gasteiger partial charge in [-0.1, -0.05) is 11.6 Å². The monoisotopic (exact) mass is 272 g/mol. The summed E-state index contributed by atoms with van der Waals surface area (Å²) in [5.74, 6) is 0.893. The van der Waals surface area contributed by atoms with Crippen molar-refractivity contribution in [2.45, 2.75) is 23.7 Å². The van der Waals surface area contributed by atoms with Crippen LogP contribution in [0.5, 0.6) is 5.75 Å². The van der Waals surface area contributed by atoms with Gasteiger partial charge in [-0.05, 0) is 35.8 Å². The zero-order valence-corrected chi connectivity index (χ0v) is 11.0. The van der Waals surface area contributed by atoms with E-state index in [2.05, 4.69) is 0 Å². The summed E-state index contributed by atoms with van der Waals surface area (Å²) in [6.45, 7) is 0. The summed E-state index contributed by atoms with van der Waals surface area (Å²) >= 11 is 7.87. The van der Waals surface area contributed by atoms with Gasteiger partial charge in [-0.25, -0.2) is 0 Å². The van der Waals surface area contributed by atoms with E-state index in [0.29, 0.717) is 5.02 Å². The summed E-state index contributed by atoms with van der Waals surface area (Å²) in [5, 5.41) is 9.57. The third-order valence-corrected chi connectivity index (χ3v) is 4.35. The van der Waals surface area contributed by atoms with E-state index in [4.69, 9.17) is 21.4 Å². The number of halogens is 1. The lowest BCUT2D eigenvalue weighted by Crippen LogP contribution is -2.13. The molecule has 0 amide bonds. The summed E-state index contributed by atoms with van der Waals surface area (Å²) < 4.78 is 5.29. The molecule has 92 valence electrons. The minimum Gasteiger partial charge on any atom is -0.496 e. The van der Waals surface area contributed by atoms with Gasteiger partial charge in [0.25, 0.3) is 0 Å². The van der Waals surface area contributed by atoms with Crippen LogP contribution in [0.3, 0.4) is 0 Å². The number of carboxylic acids is 1. The fraction of sp³-hybridized carbons (Fsp3) is 0.417. The first-order chi connectivity index (χ1) is 8.13. The number of thioether (sulfide) groups is 1. The molecule has 0 saturated heterocycles. The number of benzene rings is 1. The van der Waals surface area contributed by atoms with Crippen LogP contribution in [-0.4, -0.2) is 23.9 Å². The summed E-state index contributed by atoms with van der Waals surface area (Å²) in [6.07, 6.45) is 0.970. The molecule has 0 saturated carbocycles. The van der Waals surface area contributed by atoms with Gasteiger partial charge in [-0.2, -0.15) is 0 Å². The highest BCUT2D eigenvalue weighted by Crippen LogP contribution is 2.47. The topological polar surface area (TPSA) is 46.5 Å². The minimum atomic E-state index is -0.785. The number of fused-ring (bicyclic) bond motifs is 1. The number of methoxy groups -OCH3 is 1. The summed E-state index contributed by atoms with van der Waals surface area (Å²) in [7, 11) is 1.62. The number of rotatable bonds is 3. The Hall–Kier alpha value is -0.870. The quantitative estimate of drug-likeness (QED) is 0.916. The first-order valence-corrected chi connectivity index (χ1v) is 6.70. The average Bonchev–Trinajstić information content (AvgIpc) is 2.29. The fourth-order valence-electron chi connectivity index (χ4n) is 2.11. The van der Waals surface area contributed by atoms with Crippen LogP contribution < -0.4 is 4.74 Å². The van der Waals surface area contributed by atoms with Gasteiger partial charge in [0.2, 0.25) is 0 Å². The van der Waals surface area contributed by atoms with Crippen molar-refractivity contribution in [3.05, 3.63) is 22.7 Å². The largest absolute Gasteiger partial charge is 0.496 e. The normalized spacial score (nSPS) is 18.6. The molecule has 0 radical (unpaired) electrons. The molecule has 0 spiro atoms. The van der Waals surface area contributed by atoms with E-state index in [1.807, 2.05) is 6.07 Å². The Bertz CT molecular complexity index is 448. The van der Waals surface area contributed by atoms with E-state index in [0.717, 1.165) is 28.4 Å². The maximum atomic E-state index is 10.9. The molecule has 0 aliphatic carbocycles. The van der Waals surface area contributed by atoms with Gasteiger partial charge >= 0.3 is 5.97 Å². The maximum Gasteiger partial charge on any atom is 0.303 e. The van der Waals surface area contributed by atoms with Crippen molar-refractivity contribution in [1.29, 1.82) is 0 Å². The van der Waals surface area contributed by atoms with E-state index in [1.165, 1.54) is 0 Å². The molecule has 1 aliphatic rings. The number of hydrogen-bond acceptors (Lipinski definition) is 3. The molecular weight excluding hydrogens is 260 g/mol. The molecule has 5 heteroatoms. The second kappa shape index (κ2) is 5.19. The van der Waals surface area contributed by atoms with Crippen molar-refractivity contribution in [3.8, 4) is 5.75 Å². The Kier molecular flexibility index (Phi) is 3.84. The summed E-state index contributed by atoms with van der Waals surface area (Å²) in [6, 6.07) is 3.61. The molecule has 1 aliphatic heterocycles. The third-order valence-electron chi connectivity index (χ3n) is 2.87. The van der Waals surface area contributed by atoms with Crippen molar-refractivity contribution in [3.63, 3.8) is 0 Å². The Labute approximate surface area is 109 Å². The highest BCUT2D eigenvalue weighted by Gasteiger charge is 2.27. The Morgan fingerprint density at radius 1 is 1.65 bits per heavy atom. The number of ether oxygens (including phenoxy) is 1. The molecule has 1 unspecified atom stereocenters. The summed E-state index contributed by atoms with van der Waals surface area (Å²) in [4.78, 5) is 11.9. The van der Waals surface area contributed by atoms with Crippen molar-refractivity contribution >= 4 is 29.3 Å². The van der Waals surface area contributed by atoms with E-state index in [1.54, 1.807) is 24.9 Å². The maximum absolute atomic E-state index is 10.9. The van der Waals surface area contributed by atoms with E-state index in [9.17, 15) is 4.79 Å². The second-order valence-electron chi connectivity index (χ2n) is 3.92. The van der Waals surface area contributed by atoms with Crippen molar-refractivity contribution < 1.29 is 14.6 Å². The lowest BCUT2D eigenvalue weighted by Gasteiger charge is -2.26. The highest BCUT2D eigenvalue weighted by atomic mass is 35.5. The van der Waals surface area contributed by atoms with Gasteiger partial charge in [0.15, 0.2) is 0 Å². The van der Waals surface area contributed by atoms with Gasteiger partial charge in [0, 0.05) is 5.02 Å². The van der Waals surface area contributed by atoms with Crippen LogP contribution in [0.2, 0.25) is 5.02 Å². The molecule has 3 nitrogen and oxygen atoms in total. The lowest BCUT2D eigenvalue weighted by molar-refractivity contribution is -0.137. The van der Waals surface area contributed by atoms with Crippen LogP contribution in [0.4, 0.5) is 0 Å². The van der Waals surface area contributed by atoms with E-state index in [-0.39, 0.29) is 12.3 Å². The van der Waals surface area contributed by atoms with Crippen molar-refractivity contribution in [1.82, 2.24) is 0 Å². The number of hydrogen-bond donors (Lipinski definition) is 1. The smallest absolute Gasteiger partial charge is 0.303 e. The molecule has 0 aromatic heterocycles. The van der Waals surface area contributed by atoms with Crippen LogP contribution in [-0.2, 0) is 4.79 Å². The van der Waals surface area contributed by atoms with E-state index < -0.39 is 5.97 Å². The highest BCUT2D eigenvalue weighted by molar-refractivity contribution is 7.99. The number of aliphatic carboxylic acids is 1. The van der Waals surface area contributed by atoms with Crippen LogP contribution in [0.1, 0.15) is 24.3 Å². The van der Waals surface area contributed by atoms with Gasteiger partial charge in [-0.15, -0.1) is 11.8 Å². The predicted molar refractivity (Wildman–Crippen MR) is 68.3 cm³/mol. The second-order valence-corrected chi connectivity index (χ2v) is 5.44. The zero-order valence-electron chi connectivity index (χ0n) is 9.40. The van der Waals surface area contributed by atoms with Crippen molar-refractivity contribution in [2.24, 2.45) is 0 Å². The Morgan fingerprint density at radius 3 is 3.06 bits per heavy atom. The summed E-state index contributed by atoms with van der Waals surface area (Å²) in [5.41, 5.74) is 0.935. The van der Waals surface area contributed by atoms with Crippen LogP contribution in [0, 0.1) is 0 Å². The Morgan fingerprint density at radius 2 is 2.41 bits per heavy atom. The van der Waals surface area contributed by atoms with E-state index >= 15 is 0 Å². The van der Waals surface area contributed by atoms with Gasteiger partial charge in [0.1, 0.15) is 5.75 Å². The predicted octanol–water partition coefficient (Wildman–Crippen LogP) is 3.40.